The monoisotopic (exact) mass is 484 g/mol. The summed E-state index contributed by atoms with van der Waals surface area (Å²) in [5.74, 6) is -0.415. The van der Waals surface area contributed by atoms with Crippen molar-refractivity contribution < 1.29 is 14.7 Å². The van der Waals surface area contributed by atoms with Gasteiger partial charge in [0, 0.05) is 43.5 Å². The first-order valence-corrected chi connectivity index (χ1v) is 12.8. The molecule has 2 aliphatic carbocycles. The number of likely N-dealkylation sites (N-methyl/N-ethyl adjacent to an activating group) is 1. The van der Waals surface area contributed by atoms with Crippen LogP contribution in [0.3, 0.4) is 0 Å². The average molecular weight is 485 g/mol. The summed E-state index contributed by atoms with van der Waals surface area (Å²) < 4.78 is 1.78. The lowest BCUT2D eigenvalue weighted by molar-refractivity contribution is -0.143. The molecule has 0 unspecified atom stereocenters. The molecule has 4 rings (SSSR count). The van der Waals surface area contributed by atoms with Crippen LogP contribution in [-0.4, -0.2) is 51.1 Å². The summed E-state index contributed by atoms with van der Waals surface area (Å²) in [6.07, 6.45) is 5.59. The minimum absolute atomic E-state index is 0.0113. The van der Waals surface area contributed by atoms with Crippen LogP contribution in [0.5, 0.6) is 0 Å². The number of rotatable bonds is 6. The summed E-state index contributed by atoms with van der Waals surface area (Å²) in [5, 5.41) is 15.1. The van der Waals surface area contributed by atoms with Gasteiger partial charge in [-0.15, -0.1) is 17.9 Å². The normalized spacial score (nSPS) is 29.0. The van der Waals surface area contributed by atoms with E-state index in [-0.39, 0.29) is 40.9 Å². The number of aryl methyl sites for hydroxylation is 1. The Morgan fingerprint density at radius 1 is 1.50 bits per heavy atom. The third-order valence-corrected chi connectivity index (χ3v) is 9.12. The molecule has 2 heterocycles. The molecule has 1 fully saturated rings. The summed E-state index contributed by atoms with van der Waals surface area (Å²) in [7, 11) is 3.63. The lowest BCUT2D eigenvalue weighted by Gasteiger charge is -2.53. The topological polar surface area (TPSA) is 87.5 Å². The third kappa shape index (κ3) is 4.22. The number of hydrogen-bond acceptors (Lipinski definition) is 5. The molecule has 0 aromatic carbocycles. The van der Waals surface area contributed by atoms with E-state index in [1.165, 1.54) is 4.88 Å². The van der Waals surface area contributed by atoms with E-state index < -0.39 is 6.10 Å². The van der Waals surface area contributed by atoms with Crippen molar-refractivity contribution >= 4 is 28.3 Å². The Morgan fingerprint density at radius 2 is 2.24 bits per heavy atom. The zero-order chi connectivity index (χ0) is 24.8. The maximum atomic E-state index is 12.9. The van der Waals surface area contributed by atoms with Crippen LogP contribution in [0.1, 0.15) is 60.6 Å². The number of hydrogen-bond donors (Lipinski definition) is 2. The molecule has 2 aromatic rings. The average Bonchev–Trinajstić information content (AvgIpc) is 3.38. The first-order valence-electron chi connectivity index (χ1n) is 12.0. The van der Waals surface area contributed by atoms with Gasteiger partial charge in [0.05, 0.1) is 11.8 Å². The summed E-state index contributed by atoms with van der Waals surface area (Å²) in [4.78, 5) is 33.3. The largest absolute Gasteiger partial charge is 0.392 e. The van der Waals surface area contributed by atoms with Crippen LogP contribution in [0.2, 0.25) is 0 Å². The predicted octanol–water partition coefficient (Wildman–Crippen LogP) is 4.07. The van der Waals surface area contributed by atoms with Crippen molar-refractivity contribution in [3.8, 4) is 0 Å². The van der Waals surface area contributed by atoms with E-state index in [1.807, 2.05) is 26.2 Å². The summed E-state index contributed by atoms with van der Waals surface area (Å²) in [6.45, 7) is 10.6. The van der Waals surface area contributed by atoms with E-state index >= 15 is 0 Å². The Hall–Kier alpha value is -2.45. The number of aliphatic hydroxyl groups is 1. The first kappa shape index (κ1) is 24.7. The molecule has 2 N–H and O–H groups in total. The Kier molecular flexibility index (Phi) is 6.75. The molecule has 6 atom stereocenters. The zero-order valence-electron chi connectivity index (χ0n) is 20.7. The highest BCUT2D eigenvalue weighted by Gasteiger charge is 2.54. The van der Waals surface area contributed by atoms with Gasteiger partial charge in [-0.25, -0.2) is 4.98 Å². The number of carbonyl (C=O) groups is 2. The lowest BCUT2D eigenvalue weighted by atomic mass is 9.53. The molecule has 0 bridgehead atoms. The second kappa shape index (κ2) is 9.30. The number of nitrogens with zero attached hydrogens (tertiary/aromatic N) is 3. The van der Waals surface area contributed by atoms with Gasteiger partial charge >= 0.3 is 0 Å². The molecule has 0 radical (unpaired) electrons. The van der Waals surface area contributed by atoms with E-state index in [0.717, 1.165) is 25.0 Å². The fourth-order valence-electron chi connectivity index (χ4n) is 6.27. The quantitative estimate of drug-likeness (QED) is 0.605. The van der Waals surface area contributed by atoms with Gasteiger partial charge in [-0.1, -0.05) is 26.8 Å². The van der Waals surface area contributed by atoms with Gasteiger partial charge < -0.3 is 14.6 Å². The molecule has 7 nitrogen and oxygen atoms in total. The predicted molar refractivity (Wildman–Crippen MR) is 135 cm³/mol. The molecule has 184 valence electrons. The summed E-state index contributed by atoms with van der Waals surface area (Å²) in [5.41, 5.74) is 1.49. The minimum atomic E-state index is -0.582. The molecule has 34 heavy (non-hydrogen) atoms. The van der Waals surface area contributed by atoms with Crippen LogP contribution < -0.4 is 5.32 Å². The fourth-order valence-corrected chi connectivity index (χ4v) is 7.53. The van der Waals surface area contributed by atoms with E-state index in [0.29, 0.717) is 17.4 Å². The van der Waals surface area contributed by atoms with Crippen molar-refractivity contribution in [1.82, 2.24) is 14.5 Å². The van der Waals surface area contributed by atoms with Crippen molar-refractivity contribution in [3.05, 3.63) is 47.2 Å². The smallest absolute Gasteiger partial charge is 0.274 e. The molecular weight excluding hydrogens is 448 g/mol. The molecule has 2 aliphatic rings. The van der Waals surface area contributed by atoms with Gasteiger partial charge in [0.25, 0.3) is 5.91 Å². The molecule has 0 aliphatic heterocycles. The number of carbonyl (C=O) groups excluding carboxylic acids is 2. The van der Waals surface area contributed by atoms with Crippen LogP contribution in [0.15, 0.2) is 31.0 Å². The second-order valence-corrected chi connectivity index (χ2v) is 11.5. The molecule has 2 aromatic heterocycles. The number of thiazole rings is 1. The molecule has 0 spiro atoms. The van der Waals surface area contributed by atoms with Crippen molar-refractivity contribution in [1.29, 1.82) is 0 Å². The Labute approximate surface area is 205 Å². The maximum Gasteiger partial charge on any atom is 0.274 e. The summed E-state index contributed by atoms with van der Waals surface area (Å²) in [6, 6.07) is 3.63. The second-order valence-electron chi connectivity index (χ2n) is 10.4. The van der Waals surface area contributed by atoms with E-state index in [2.05, 4.69) is 25.7 Å². The minimum Gasteiger partial charge on any atom is -0.392 e. The van der Waals surface area contributed by atoms with Gasteiger partial charge in [-0.2, -0.15) is 0 Å². The Morgan fingerprint density at radius 3 is 2.88 bits per heavy atom. The molecule has 2 amide bonds. The molecule has 1 saturated carbocycles. The van der Waals surface area contributed by atoms with Crippen LogP contribution >= 0.6 is 11.3 Å². The van der Waals surface area contributed by atoms with E-state index in [4.69, 9.17) is 4.98 Å². The standard InChI is InChI=1S/C26H36N4O3S/c1-7-12-30(6)24(33)15(2)17-10-11-26(4)14-19-21(16(3)20(26)22(17)31)27-25(34-19)28-23(32)18-9-8-13-29(18)5/h7-9,13,15-17,20,22,31H,1,10-12,14H2,2-6H3,(H,27,28,32)/t15-,16-,17+,20+,22-,26-/m0/s1. The van der Waals surface area contributed by atoms with Crippen LogP contribution in [0.25, 0.3) is 0 Å². The van der Waals surface area contributed by atoms with Crippen LogP contribution in [-0.2, 0) is 18.3 Å². The number of fused-ring (bicyclic) bond motifs is 2. The molecule has 0 saturated heterocycles. The summed E-state index contributed by atoms with van der Waals surface area (Å²) >= 11 is 1.54. The SMILES string of the molecule is C=CCN(C)C(=O)[C@@H](C)[C@H]1CC[C@@]2(C)Cc3sc(NC(=O)c4cccn4C)nc3[C@@H](C)[C@@H]2[C@H]1O. The lowest BCUT2D eigenvalue weighted by Crippen LogP contribution is -2.53. The highest BCUT2D eigenvalue weighted by atomic mass is 32.1. The van der Waals surface area contributed by atoms with Crippen molar-refractivity contribution in [2.45, 2.75) is 52.1 Å². The first-order chi connectivity index (χ1) is 16.1. The van der Waals surface area contributed by atoms with Crippen molar-refractivity contribution in [2.75, 3.05) is 18.9 Å². The van der Waals surface area contributed by atoms with Gasteiger partial charge in [0.15, 0.2) is 5.13 Å². The molecular formula is C26H36N4O3S. The van der Waals surface area contributed by atoms with Gasteiger partial charge in [0.1, 0.15) is 5.69 Å². The highest BCUT2D eigenvalue weighted by molar-refractivity contribution is 7.15. The Balaban J connectivity index is 1.55. The highest BCUT2D eigenvalue weighted by Crippen LogP contribution is 2.57. The van der Waals surface area contributed by atoms with Gasteiger partial charge in [-0.3, -0.25) is 14.9 Å². The van der Waals surface area contributed by atoms with Crippen LogP contribution in [0.4, 0.5) is 5.13 Å². The van der Waals surface area contributed by atoms with Crippen molar-refractivity contribution in [2.24, 2.45) is 30.2 Å². The number of aromatic nitrogens is 2. The fraction of sp³-hybridized carbons (Fsp3) is 0.577. The van der Waals surface area contributed by atoms with Gasteiger partial charge in [-0.05, 0) is 48.6 Å². The Bertz CT molecular complexity index is 1090. The number of amides is 2. The number of nitrogens with one attached hydrogen (secondary N) is 1. The van der Waals surface area contributed by atoms with Crippen molar-refractivity contribution in [3.63, 3.8) is 0 Å². The number of anilines is 1. The van der Waals surface area contributed by atoms with Gasteiger partial charge in [0.2, 0.25) is 5.91 Å². The zero-order valence-corrected chi connectivity index (χ0v) is 21.6. The third-order valence-electron chi connectivity index (χ3n) is 8.13. The van der Waals surface area contributed by atoms with E-state index in [9.17, 15) is 14.7 Å². The number of aliphatic hydroxyl groups excluding tert-OH is 1. The maximum absolute atomic E-state index is 12.9. The molecule has 8 heteroatoms. The van der Waals surface area contributed by atoms with E-state index in [1.54, 1.807) is 40.0 Å². The van der Waals surface area contributed by atoms with Crippen LogP contribution in [0, 0.1) is 23.2 Å².